The van der Waals surface area contributed by atoms with Gasteiger partial charge in [0.05, 0.1) is 35.1 Å². The fraction of sp³-hybridized carbons (Fsp3) is 0.280. The second-order valence-electron chi connectivity index (χ2n) is 8.32. The van der Waals surface area contributed by atoms with E-state index in [-0.39, 0.29) is 10.8 Å². The van der Waals surface area contributed by atoms with Gasteiger partial charge in [-0.2, -0.15) is 5.10 Å². The Hall–Kier alpha value is -3.74. The lowest BCUT2D eigenvalue weighted by atomic mass is 9.98. The van der Waals surface area contributed by atoms with Gasteiger partial charge in [0.15, 0.2) is 10.8 Å². The zero-order valence-electron chi connectivity index (χ0n) is 20.5. The van der Waals surface area contributed by atoms with E-state index >= 15 is 0 Å². The van der Waals surface area contributed by atoms with Crippen molar-refractivity contribution in [3.8, 4) is 22.9 Å². The van der Waals surface area contributed by atoms with Gasteiger partial charge in [-0.25, -0.2) is 19.3 Å². The number of fused-ring (bicyclic) bond motifs is 1. The Kier molecular flexibility index (Phi) is 9.46. The Morgan fingerprint density at radius 1 is 1.13 bits per heavy atom. The minimum Gasteiger partial charge on any atom is -0.381 e. The Labute approximate surface area is 226 Å². The minimum atomic E-state index is -0.535. The first-order chi connectivity index (χ1) is 18.4. The number of pyridine rings is 1. The highest BCUT2D eigenvalue weighted by Crippen LogP contribution is 2.24. The number of nitrogens with zero attached hydrogens (tertiary/aromatic N) is 5. The molecule has 13 heteroatoms. The van der Waals surface area contributed by atoms with Crippen molar-refractivity contribution in [3.05, 3.63) is 64.2 Å². The Bertz CT molecular complexity index is 1470. The zero-order chi connectivity index (χ0) is 26.9. The molecule has 0 aliphatic heterocycles. The molecule has 198 valence electrons. The minimum absolute atomic E-state index is 0.250. The van der Waals surface area contributed by atoms with Crippen LogP contribution in [0.1, 0.15) is 41.9 Å². The van der Waals surface area contributed by atoms with E-state index in [1.54, 1.807) is 30.5 Å². The molecule has 1 aliphatic carbocycles. The van der Waals surface area contributed by atoms with Crippen LogP contribution in [0.2, 0.25) is 4.34 Å². The number of amides is 1. The molecule has 1 saturated carbocycles. The summed E-state index contributed by atoms with van der Waals surface area (Å²) in [5.74, 6) is 0.179. The number of primary amides is 1. The van der Waals surface area contributed by atoms with Gasteiger partial charge >= 0.3 is 0 Å². The molecule has 6 rings (SSSR count). The number of thiazole rings is 1. The number of imidazole rings is 1. The van der Waals surface area contributed by atoms with Crippen LogP contribution in [0.5, 0.6) is 0 Å². The highest BCUT2D eigenvalue weighted by molar-refractivity contribution is 7.17. The highest BCUT2D eigenvalue weighted by atomic mass is 35.5. The molecule has 4 N–H and O–H groups in total. The van der Waals surface area contributed by atoms with Crippen molar-refractivity contribution >= 4 is 39.9 Å². The first kappa shape index (κ1) is 27.3. The van der Waals surface area contributed by atoms with E-state index in [2.05, 4.69) is 35.1 Å². The predicted octanol–water partition coefficient (Wildman–Crippen LogP) is 5.41. The summed E-state index contributed by atoms with van der Waals surface area (Å²) in [6.45, 7) is 0. The molecule has 0 saturated heterocycles. The second-order valence-corrected chi connectivity index (χ2v) is 9.98. The Balaban J connectivity index is 0.000000163. The summed E-state index contributed by atoms with van der Waals surface area (Å²) in [6.07, 6.45) is 11.8. The lowest BCUT2D eigenvalue weighted by Crippen LogP contribution is -2.13. The van der Waals surface area contributed by atoms with Crippen molar-refractivity contribution in [1.29, 1.82) is 0 Å². The monoisotopic (exact) mass is 556 g/mol. The zero-order valence-corrected chi connectivity index (χ0v) is 22.1. The molecule has 0 spiro atoms. The van der Waals surface area contributed by atoms with Crippen molar-refractivity contribution < 1.29 is 13.9 Å². The standard InChI is InChI=1S/C14H9FN6.C7H14O.C4H3ClN2OS/c15-9-4-2-1-3-8(9)13-19-10-5-11(14-17-7-18-21-14)16-6-12(10)20-13;1-8-7-5-3-2-4-6-7;5-2-1-7-4(9-2)3(6)8/h1-7H,(H,19,20)(H,17,18,21);7H,2-6H2,1H3;1H,(H2,6,8). The number of nitrogens with one attached hydrogen (secondary N) is 2. The summed E-state index contributed by atoms with van der Waals surface area (Å²) in [5, 5.41) is 6.78. The first-order valence-electron chi connectivity index (χ1n) is 11.8. The Morgan fingerprint density at radius 2 is 1.92 bits per heavy atom. The van der Waals surface area contributed by atoms with Gasteiger partial charge in [0, 0.05) is 7.11 Å². The van der Waals surface area contributed by atoms with Crippen LogP contribution in [0.25, 0.3) is 33.9 Å². The highest BCUT2D eigenvalue weighted by Gasteiger charge is 2.12. The summed E-state index contributed by atoms with van der Waals surface area (Å²) < 4.78 is 19.5. The smallest absolute Gasteiger partial charge is 0.277 e. The molecule has 0 radical (unpaired) electrons. The number of aromatic amines is 2. The topological polar surface area (TPSA) is 148 Å². The van der Waals surface area contributed by atoms with Crippen LogP contribution in [-0.4, -0.2) is 54.2 Å². The van der Waals surface area contributed by atoms with Crippen LogP contribution in [0.15, 0.2) is 49.1 Å². The number of H-pyrrole nitrogens is 2. The fourth-order valence-electron chi connectivity index (χ4n) is 3.82. The van der Waals surface area contributed by atoms with Crippen molar-refractivity contribution in [3.63, 3.8) is 0 Å². The van der Waals surface area contributed by atoms with E-state index in [1.807, 2.05) is 7.11 Å². The molecule has 4 aromatic heterocycles. The quantitative estimate of drug-likeness (QED) is 0.268. The average molecular weight is 557 g/mol. The van der Waals surface area contributed by atoms with E-state index < -0.39 is 5.91 Å². The molecular weight excluding hydrogens is 531 g/mol. The SMILES string of the molecule is COC1CCCCC1.Fc1ccccc1-c1nc2cc(-c3ncn[nH]3)ncc2[nH]1.NC(=O)c1ncc(Cl)s1. The molecule has 0 atom stereocenters. The first-order valence-corrected chi connectivity index (χ1v) is 13.0. The van der Waals surface area contributed by atoms with Gasteiger partial charge in [0.1, 0.15) is 28.0 Å². The van der Waals surface area contributed by atoms with Crippen LogP contribution >= 0.6 is 22.9 Å². The van der Waals surface area contributed by atoms with Crippen LogP contribution in [0.3, 0.4) is 0 Å². The number of rotatable bonds is 4. The maximum atomic E-state index is 13.8. The third-order valence-electron chi connectivity index (χ3n) is 5.73. The number of benzene rings is 1. The number of halogens is 2. The van der Waals surface area contributed by atoms with E-state index in [0.717, 1.165) is 16.9 Å². The third kappa shape index (κ3) is 7.18. The number of aromatic nitrogens is 7. The van der Waals surface area contributed by atoms with Crippen LogP contribution in [0, 0.1) is 5.82 Å². The van der Waals surface area contributed by atoms with Crippen LogP contribution < -0.4 is 5.73 Å². The molecule has 0 unspecified atom stereocenters. The summed E-state index contributed by atoms with van der Waals surface area (Å²) >= 11 is 6.53. The van der Waals surface area contributed by atoms with E-state index in [4.69, 9.17) is 22.1 Å². The molecule has 10 nitrogen and oxygen atoms in total. The van der Waals surface area contributed by atoms with Gasteiger partial charge < -0.3 is 15.5 Å². The summed E-state index contributed by atoms with van der Waals surface area (Å²) in [7, 11) is 1.82. The van der Waals surface area contributed by atoms with Gasteiger partial charge in [-0.1, -0.05) is 54.3 Å². The van der Waals surface area contributed by atoms with Crippen molar-refractivity contribution in [1.82, 2.24) is 35.1 Å². The van der Waals surface area contributed by atoms with Crippen molar-refractivity contribution in [2.24, 2.45) is 5.73 Å². The average Bonchev–Trinajstić information content (AvgIpc) is 3.71. The maximum absolute atomic E-state index is 13.8. The number of carbonyl (C=O) groups is 1. The van der Waals surface area contributed by atoms with E-state index in [9.17, 15) is 9.18 Å². The molecule has 0 bridgehead atoms. The molecule has 5 aromatic rings. The summed E-state index contributed by atoms with van der Waals surface area (Å²) in [6, 6.07) is 8.27. The molecular formula is C25H26ClFN8O2S. The Morgan fingerprint density at radius 3 is 2.50 bits per heavy atom. The molecule has 4 heterocycles. The molecule has 1 amide bonds. The van der Waals surface area contributed by atoms with Gasteiger partial charge in [0.25, 0.3) is 5.91 Å². The van der Waals surface area contributed by atoms with Gasteiger partial charge in [-0.05, 0) is 31.0 Å². The number of hydrogen-bond donors (Lipinski definition) is 3. The lowest BCUT2D eigenvalue weighted by Gasteiger charge is -2.19. The number of ether oxygens (including phenoxy) is 1. The molecule has 1 aromatic carbocycles. The third-order valence-corrected chi connectivity index (χ3v) is 6.86. The summed E-state index contributed by atoms with van der Waals surface area (Å²) in [4.78, 5) is 29.8. The van der Waals surface area contributed by atoms with Gasteiger partial charge in [-0.15, -0.1) is 0 Å². The van der Waals surface area contributed by atoms with Crippen molar-refractivity contribution in [2.75, 3.05) is 7.11 Å². The van der Waals surface area contributed by atoms with Crippen molar-refractivity contribution in [2.45, 2.75) is 38.2 Å². The molecule has 1 aliphatic rings. The largest absolute Gasteiger partial charge is 0.381 e. The maximum Gasteiger partial charge on any atom is 0.277 e. The van der Waals surface area contributed by atoms with Crippen LogP contribution in [0.4, 0.5) is 4.39 Å². The number of methoxy groups -OCH3 is 1. The number of nitrogens with two attached hydrogens (primary N) is 1. The van der Waals surface area contributed by atoms with Gasteiger partial charge in [-0.3, -0.25) is 14.9 Å². The molecule has 1 fully saturated rings. The molecule has 38 heavy (non-hydrogen) atoms. The predicted molar refractivity (Wildman–Crippen MR) is 144 cm³/mol. The summed E-state index contributed by atoms with van der Waals surface area (Å²) in [5.41, 5.74) is 7.36. The van der Waals surface area contributed by atoms with Gasteiger partial charge in [0.2, 0.25) is 0 Å². The number of hydrogen-bond acceptors (Lipinski definition) is 8. The lowest BCUT2D eigenvalue weighted by molar-refractivity contribution is 0.0710. The van der Waals surface area contributed by atoms with E-state index in [0.29, 0.717) is 38.9 Å². The number of carbonyl (C=O) groups excluding carboxylic acids is 1. The van der Waals surface area contributed by atoms with E-state index in [1.165, 1.54) is 50.7 Å². The van der Waals surface area contributed by atoms with Crippen LogP contribution in [-0.2, 0) is 4.74 Å². The second kappa shape index (κ2) is 13.2. The normalized spacial score (nSPS) is 13.3. The fourth-order valence-corrected chi connectivity index (χ4v) is 4.58.